The van der Waals surface area contributed by atoms with E-state index >= 15 is 0 Å². The molecule has 0 bridgehead atoms. The lowest BCUT2D eigenvalue weighted by Crippen LogP contribution is -2.18. The van der Waals surface area contributed by atoms with E-state index in [2.05, 4.69) is 9.44 Å². The predicted molar refractivity (Wildman–Crippen MR) is 126 cm³/mol. The lowest BCUT2D eigenvalue weighted by Gasteiger charge is -2.16. The first-order valence-electron chi connectivity index (χ1n) is 9.26. The normalized spacial score (nSPS) is 11.9. The molecule has 0 aliphatic heterocycles. The zero-order chi connectivity index (χ0) is 23.7. The molecule has 0 unspecified atom stereocenters. The second-order valence-corrected chi connectivity index (χ2v) is 11.1. The van der Waals surface area contributed by atoms with Crippen molar-refractivity contribution in [2.24, 2.45) is 0 Å². The summed E-state index contributed by atoms with van der Waals surface area (Å²) in [4.78, 5) is -0.665. The van der Waals surface area contributed by atoms with Crippen LogP contribution in [-0.2, 0) is 26.7 Å². The van der Waals surface area contributed by atoms with E-state index in [-0.39, 0.29) is 26.7 Å². The van der Waals surface area contributed by atoms with E-state index in [9.17, 15) is 21.9 Å². The molecule has 0 aliphatic rings. The van der Waals surface area contributed by atoms with Crippen LogP contribution in [0.5, 0.6) is 0 Å². The van der Waals surface area contributed by atoms with Crippen molar-refractivity contribution in [1.82, 2.24) is 0 Å². The van der Waals surface area contributed by atoms with Crippen molar-refractivity contribution >= 4 is 54.6 Å². The van der Waals surface area contributed by atoms with E-state index in [0.29, 0.717) is 21.2 Å². The van der Waals surface area contributed by atoms with E-state index in [0.717, 1.165) is 6.07 Å². The number of aliphatic hydroxyl groups excluding tert-OH is 1. The number of aliphatic hydroxyl groups is 1. The largest absolute Gasteiger partial charge is 0.392 e. The molecule has 0 saturated heterocycles. The third-order valence-corrected chi connectivity index (χ3v) is 8.46. The van der Waals surface area contributed by atoms with Crippen molar-refractivity contribution in [2.75, 3.05) is 9.44 Å². The molecule has 0 fully saturated rings. The Kier molecular flexibility index (Phi) is 7.06. The number of sulfonamides is 2. The number of hydrogen-bond donors (Lipinski definition) is 3. The van der Waals surface area contributed by atoms with E-state index in [4.69, 9.17) is 23.2 Å². The molecule has 11 heteroatoms. The third-order valence-electron chi connectivity index (χ3n) is 4.83. The maximum atomic E-state index is 13.1. The van der Waals surface area contributed by atoms with Crippen molar-refractivity contribution in [3.05, 3.63) is 81.3 Å². The van der Waals surface area contributed by atoms with Crippen molar-refractivity contribution in [3.63, 3.8) is 0 Å². The summed E-state index contributed by atoms with van der Waals surface area (Å²) in [6, 6.07) is 13.0. The predicted octanol–water partition coefficient (Wildman–Crippen LogP) is 4.70. The number of anilines is 2. The van der Waals surface area contributed by atoms with Crippen LogP contribution in [0.1, 0.15) is 16.7 Å². The van der Waals surface area contributed by atoms with Gasteiger partial charge < -0.3 is 5.11 Å². The molecule has 3 rings (SSSR count). The molecule has 0 amide bonds. The van der Waals surface area contributed by atoms with Gasteiger partial charge in [-0.3, -0.25) is 9.44 Å². The summed E-state index contributed by atoms with van der Waals surface area (Å²) < 4.78 is 56.9. The average molecular weight is 515 g/mol. The van der Waals surface area contributed by atoms with Crippen LogP contribution < -0.4 is 9.44 Å². The highest BCUT2D eigenvalue weighted by molar-refractivity contribution is 7.93. The van der Waals surface area contributed by atoms with Gasteiger partial charge in [0.25, 0.3) is 20.0 Å². The highest BCUT2D eigenvalue weighted by Crippen LogP contribution is 2.29. The third kappa shape index (κ3) is 5.02. The Morgan fingerprint density at radius 3 is 1.78 bits per heavy atom. The van der Waals surface area contributed by atoms with Crippen molar-refractivity contribution in [3.8, 4) is 0 Å². The van der Waals surface area contributed by atoms with Gasteiger partial charge in [0.15, 0.2) is 0 Å². The topological polar surface area (TPSA) is 113 Å². The second-order valence-electron chi connectivity index (χ2n) is 6.96. The first-order valence-corrected chi connectivity index (χ1v) is 13.0. The van der Waals surface area contributed by atoms with Crippen molar-refractivity contribution in [2.45, 2.75) is 30.2 Å². The fourth-order valence-electron chi connectivity index (χ4n) is 2.92. The van der Waals surface area contributed by atoms with Gasteiger partial charge in [0.05, 0.1) is 27.8 Å². The SMILES string of the molecule is Cc1c(Cl)cccc1NS(=O)(=O)c1ccc(CO)c(S(=O)(=O)Nc2cccc(Cl)c2C)c1. The summed E-state index contributed by atoms with van der Waals surface area (Å²) in [5.74, 6) is 0. The molecule has 0 heterocycles. The van der Waals surface area contributed by atoms with Crippen LogP contribution in [0.2, 0.25) is 10.0 Å². The smallest absolute Gasteiger partial charge is 0.262 e. The van der Waals surface area contributed by atoms with Crippen molar-refractivity contribution < 1.29 is 21.9 Å². The summed E-state index contributed by atoms with van der Waals surface area (Å²) in [7, 11) is -8.40. The molecule has 0 aliphatic carbocycles. The Bertz CT molecular complexity index is 1390. The first kappa shape index (κ1) is 24.3. The van der Waals surface area contributed by atoms with Crippen LogP contribution >= 0.6 is 23.2 Å². The molecule has 3 aromatic carbocycles. The van der Waals surface area contributed by atoms with Gasteiger partial charge in [-0.1, -0.05) is 41.4 Å². The summed E-state index contributed by atoms with van der Waals surface area (Å²) in [6.07, 6.45) is 0. The maximum Gasteiger partial charge on any atom is 0.262 e. The minimum absolute atomic E-state index is 0.0371. The summed E-state index contributed by atoms with van der Waals surface area (Å²) >= 11 is 12.1. The zero-order valence-corrected chi connectivity index (χ0v) is 20.2. The van der Waals surface area contributed by atoms with Gasteiger partial charge in [0.2, 0.25) is 0 Å². The first-order chi connectivity index (χ1) is 15.0. The van der Waals surface area contributed by atoms with E-state index in [1.165, 1.54) is 18.2 Å². The van der Waals surface area contributed by atoms with Gasteiger partial charge in [-0.15, -0.1) is 0 Å². The second kappa shape index (κ2) is 9.29. The monoisotopic (exact) mass is 514 g/mol. The van der Waals surface area contributed by atoms with E-state index in [1.807, 2.05) is 0 Å². The molecular weight excluding hydrogens is 495 g/mol. The number of benzene rings is 3. The highest BCUT2D eigenvalue weighted by Gasteiger charge is 2.24. The Morgan fingerprint density at radius 2 is 1.28 bits per heavy atom. The molecule has 3 N–H and O–H groups in total. The van der Waals surface area contributed by atoms with Crippen LogP contribution in [0.3, 0.4) is 0 Å². The minimum atomic E-state index is -4.25. The Hall–Kier alpha value is -2.30. The summed E-state index contributed by atoms with van der Waals surface area (Å²) in [6.45, 7) is 2.69. The average Bonchev–Trinajstić information content (AvgIpc) is 2.74. The van der Waals surface area contributed by atoms with Crippen molar-refractivity contribution in [1.29, 1.82) is 0 Å². The van der Waals surface area contributed by atoms with Gasteiger partial charge in [-0.25, -0.2) is 16.8 Å². The van der Waals surface area contributed by atoms with Crippen LogP contribution in [0.4, 0.5) is 11.4 Å². The molecule has 0 atom stereocenters. The molecule has 32 heavy (non-hydrogen) atoms. The minimum Gasteiger partial charge on any atom is -0.392 e. The quantitative estimate of drug-likeness (QED) is 0.422. The molecule has 3 aromatic rings. The van der Waals surface area contributed by atoms with Gasteiger partial charge in [0.1, 0.15) is 0 Å². The standard InChI is InChI=1S/C21H20Cl2N2O5S2/c1-13-17(22)5-3-7-19(13)24-31(27,28)16-10-9-15(12-26)21(11-16)32(29,30)25-20-8-4-6-18(23)14(20)2/h3-11,24-26H,12H2,1-2H3. The van der Waals surface area contributed by atoms with Crippen LogP contribution in [0, 0.1) is 13.8 Å². The summed E-state index contributed by atoms with van der Waals surface area (Å²) in [5.41, 5.74) is 1.57. The van der Waals surface area contributed by atoms with Crippen LogP contribution in [0.15, 0.2) is 64.4 Å². The molecule has 0 saturated carbocycles. The molecule has 0 spiro atoms. The van der Waals surface area contributed by atoms with Crippen LogP contribution in [0.25, 0.3) is 0 Å². The summed E-state index contributed by atoms with van der Waals surface area (Å²) in [5, 5.41) is 10.4. The molecule has 0 radical (unpaired) electrons. The lowest BCUT2D eigenvalue weighted by molar-refractivity contribution is 0.278. The Balaban J connectivity index is 2.04. The molecule has 7 nitrogen and oxygen atoms in total. The van der Waals surface area contributed by atoms with Gasteiger partial charge in [0, 0.05) is 10.0 Å². The maximum absolute atomic E-state index is 13.1. The zero-order valence-electron chi connectivity index (χ0n) is 17.1. The number of nitrogens with one attached hydrogen (secondary N) is 2. The molecule has 0 aromatic heterocycles. The fraction of sp³-hybridized carbons (Fsp3) is 0.143. The van der Waals surface area contributed by atoms with Gasteiger partial charge in [-0.2, -0.15) is 0 Å². The van der Waals surface area contributed by atoms with E-state index < -0.39 is 26.7 Å². The fourth-order valence-corrected chi connectivity index (χ4v) is 5.88. The number of halogens is 2. The Labute approximate surface area is 197 Å². The molecular formula is C21H20Cl2N2O5S2. The Morgan fingerprint density at radius 1 is 0.781 bits per heavy atom. The van der Waals surface area contributed by atoms with E-state index in [1.54, 1.807) is 44.2 Å². The number of hydrogen-bond acceptors (Lipinski definition) is 5. The molecule has 170 valence electrons. The van der Waals surface area contributed by atoms with Gasteiger partial charge >= 0.3 is 0 Å². The van der Waals surface area contributed by atoms with Gasteiger partial charge in [-0.05, 0) is 66.9 Å². The van der Waals surface area contributed by atoms with Crippen LogP contribution in [-0.4, -0.2) is 21.9 Å². The number of rotatable bonds is 7. The lowest BCUT2D eigenvalue weighted by atomic mass is 10.2. The highest BCUT2D eigenvalue weighted by atomic mass is 35.5.